The molecule has 1 heterocycles. The van der Waals surface area contributed by atoms with Gasteiger partial charge < -0.3 is 5.11 Å². The van der Waals surface area contributed by atoms with E-state index in [0.717, 1.165) is 18.7 Å². The average molecular weight is 286 g/mol. The molecule has 0 radical (unpaired) electrons. The first kappa shape index (κ1) is 13.7. The summed E-state index contributed by atoms with van der Waals surface area (Å²) in [6, 6.07) is 8.41. The third-order valence-corrected chi connectivity index (χ3v) is 3.98. The number of fused-ring (bicyclic) bond motifs is 1. The summed E-state index contributed by atoms with van der Waals surface area (Å²) in [6.45, 7) is 2.45. The molecule has 6 nitrogen and oxygen atoms in total. The predicted molar refractivity (Wildman–Crippen MR) is 75.8 cm³/mol. The third kappa shape index (κ3) is 2.94. The van der Waals surface area contributed by atoms with Gasteiger partial charge in [0.05, 0.1) is 0 Å². The van der Waals surface area contributed by atoms with E-state index in [1.807, 2.05) is 6.92 Å². The number of carboxylic acids is 1. The van der Waals surface area contributed by atoms with E-state index in [1.54, 1.807) is 4.68 Å². The molecule has 6 heteroatoms. The van der Waals surface area contributed by atoms with Gasteiger partial charge in [-0.3, -0.25) is 4.79 Å². The van der Waals surface area contributed by atoms with E-state index in [2.05, 4.69) is 39.8 Å². The summed E-state index contributed by atoms with van der Waals surface area (Å²) >= 11 is 0. The van der Waals surface area contributed by atoms with E-state index in [0.29, 0.717) is 6.54 Å². The second-order valence-electron chi connectivity index (χ2n) is 5.80. The molecule has 1 aliphatic rings. The summed E-state index contributed by atoms with van der Waals surface area (Å²) in [5, 5.41) is 20.8. The molecule has 1 N–H and O–H groups in total. The zero-order valence-electron chi connectivity index (χ0n) is 11.9. The zero-order valence-corrected chi connectivity index (χ0v) is 11.9. The fourth-order valence-corrected chi connectivity index (χ4v) is 3.03. The highest BCUT2D eigenvalue weighted by molar-refractivity contribution is 5.66. The van der Waals surface area contributed by atoms with Crippen LogP contribution >= 0.6 is 0 Å². The minimum absolute atomic E-state index is 0.00790. The maximum atomic E-state index is 10.8. The highest BCUT2D eigenvalue weighted by Gasteiger charge is 2.27. The molecule has 1 atom stereocenters. The number of aliphatic carboxylic acids is 1. The Balaban J connectivity index is 1.74. The van der Waals surface area contributed by atoms with Gasteiger partial charge in [-0.25, -0.2) is 4.68 Å². The van der Waals surface area contributed by atoms with Crippen LogP contribution in [0.4, 0.5) is 0 Å². The van der Waals surface area contributed by atoms with E-state index >= 15 is 0 Å². The van der Waals surface area contributed by atoms with Crippen molar-refractivity contribution in [1.29, 1.82) is 0 Å². The first-order valence-corrected chi connectivity index (χ1v) is 7.18. The number of aromatic nitrogens is 4. The summed E-state index contributed by atoms with van der Waals surface area (Å²) < 4.78 is 1.77. The maximum absolute atomic E-state index is 10.8. The fraction of sp³-hybridized carbons (Fsp3) is 0.467. The van der Waals surface area contributed by atoms with Crippen molar-refractivity contribution in [1.82, 2.24) is 20.2 Å². The first-order valence-electron chi connectivity index (χ1n) is 7.18. The number of tetrazole rings is 1. The molecule has 2 aromatic rings. The Morgan fingerprint density at radius 2 is 2.05 bits per heavy atom. The molecule has 1 aromatic heterocycles. The molecular weight excluding hydrogens is 268 g/mol. The van der Waals surface area contributed by atoms with Crippen molar-refractivity contribution in [3.05, 3.63) is 41.2 Å². The topological polar surface area (TPSA) is 80.9 Å². The zero-order chi connectivity index (χ0) is 14.8. The standard InChI is InChI=1S/C15H18N4O2/c1-10(6-14(20)21)9-19-15(16-17-18-19)13-7-11-4-2-3-5-12(11)8-13/h2-5,10,13H,6-9H2,1H3,(H,20,21). The van der Waals surface area contributed by atoms with Crippen LogP contribution in [0.3, 0.4) is 0 Å². The Kier molecular flexibility index (Phi) is 3.68. The Labute approximate surface area is 122 Å². The van der Waals surface area contributed by atoms with Crippen LogP contribution in [0.5, 0.6) is 0 Å². The van der Waals surface area contributed by atoms with Crippen molar-refractivity contribution < 1.29 is 9.90 Å². The molecule has 0 aliphatic heterocycles. The molecule has 1 aliphatic carbocycles. The van der Waals surface area contributed by atoms with Gasteiger partial charge in [-0.2, -0.15) is 0 Å². The van der Waals surface area contributed by atoms with Gasteiger partial charge in [0, 0.05) is 18.9 Å². The molecule has 0 saturated heterocycles. The average Bonchev–Trinajstić information content (AvgIpc) is 3.02. The van der Waals surface area contributed by atoms with Crippen molar-refractivity contribution in [3.8, 4) is 0 Å². The molecule has 0 saturated carbocycles. The van der Waals surface area contributed by atoms with Crippen molar-refractivity contribution in [2.24, 2.45) is 5.92 Å². The van der Waals surface area contributed by atoms with Crippen LogP contribution in [-0.2, 0) is 24.2 Å². The largest absolute Gasteiger partial charge is 0.481 e. The molecule has 21 heavy (non-hydrogen) atoms. The number of hydrogen-bond donors (Lipinski definition) is 1. The quantitative estimate of drug-likeness (QED) is 0.904. The van der Waals surface area contributed by atoms with Crippen LogP contribution < -0.4 is 0 Å². The predicted octanol–water partition coefficient (Wildman–Crippen LogP) is 1.67. The normalized spacial score (nSPS) is 15.9. The van der Waals surface area contributed by atoms with Crippen molar-refractivity contribution in [2.75, 3.05) is 0 Å². The van der Waals surface area contributed by atoms with Gasteiger partial charge in [0.25, 0.3) is 0 Å². The second-order valence-corrected chi connectivity index (χ2v) is 5.80. The molecule has 3 rings (SSSR count). The molecule has 0 bridgehead atoms. The number of hydrogen-bond acceptors (Lipinski definition) is 4. The number of nitrogens with zero attached hydrogens (tertiary/aromatic N) is 4. The van der Waals surface area contributed by atoms with Crippen molar-refractivity contribution in [2.45, 2.75) is 38.6 Å². The molecule has 0 fully saturated rings. The fourth-order valence-electron chi connectivity index (χ4n) is 3.03. The van der Waals surface area contributed by atoms with E-state index in [-0.39, 0.29) is 18.3 Å². The van der Waals surface area contributed by atoms with E-state index in [4.69, 9.17) is 5.11 Å². The maximum Gasteiger partial charge on any atom is 0.303 e. The van der Waals surface area contributed by atoms with Crippen molar-refractivity contribution >= 4 is 5.97 Å². The van der Waals surface area contributed by atoms with Crippen LogP contribution in [0.15, 0.2) is 24.3 Å². The first-order chi connectivity index (χ1) is 10.1. The van der Waals surface area contributed by atoms with Crippen LogP contribution in [0.1, 0.15) is 36.2 Å². The summed E-state index contributed by atoms with van der Waals surface area (Å²) in [4.78, 5) is 10.8. The second kappa shape index (κ2) is 5.63. The lowest BCUT2D eigenvalue weighted by Crippen LogP contribution is -2.17. The molecule has 0 spiro atoms. The molecular formula is C15H18N4O2. The third-order valence-electron chi connectivity index (χ3n) is 3.98. The van der Waals surface area contributed by atoms with E-state index in [1.165, 1.54) is 11.1 Å². The Morgan fingerprint density at radius 3 is 2.67 bits per heavy atom. The number of benzene rings is 1. The van der Waals surface area contributed by atoms with Gasteiger partial charge in [-0.1, -0.05) is 31.2 Å². The van der Waals surface area contributed by atoms with Crippen LogP contribution in [0.2, 0.25) is 0 Å². The van der Waals surface area contributed by atoms with Gasteiger partial charge in [0.2, 0.25) is 0 Å². The van der Waals surface area contributed by atoms with Crippen LogP contribution in [0, 0.1) is 5.92 Å². The lowest BCUT2D eigenvalue weighted by atomic mass is 10.0. The molecule has 110 valence electrons. The summed E-state index contributed by atoms with van der Waals surface area (Å²) in [5.74, 6) is 0.372. The lowest BCUT2D eigenvalue weighted by molar-refractivity contribution is -0.138. The minimum Gasteiger partial charge on any atom is -0.481 e. The minimum atomic E-state index is -0.787. The highest BCUT2D eigenvalue weighted by atomic mass is 16.4. The van der Waals surface area contributed by atoms with Gasteiger partial charge >= 0.3 is 5.97 Å². The smallest absolute Gasteiger partial charge is 0.303 e. The van der Waals surface area contributed by atoms with E-state index in [9.17, 15) is 4.79 Å². The number of carboxylic acid groups (broad SMARTS) is 1. The van der Waals surface area contributed by atoms with Gasteiger partial charge in [0.15, 0.2) is 5.82 Å². The monoisotopic (exact) mass is 286 g/mol. The van der Waals surface area contributed by atoms with Gasteiger partial charge in [-0.05, 0) is 40.3 Å². The van der Waals surface area contributed by atoms with Crippen LogP contribution in [-0.4, -0.2) is 31.3 Å². The SMILES string of the molecule is CC(CC(=O)O)Cn1nnnc1C1Cc2ccccc2C1. The highest BCUT2D eigenvalue weighted by Crippen LogP contribution is 2.32. The van der Waals surface area contributed by atoms with Gasteiger partial charge in [0.1, 0.15) is 0 Å². The van der Waals surface area contributed by atoms with Gasteiger partial charge in [-0.15, -0.1) is 5.10 Å². The Hall–Kier alpha value is -2.24. The molecule has 1 aromatic carbocycles. The van der Waals surface area contributed by atoms with Crippen molar-refractivity contribution in [3.63, 3.8) is 0 Å². The Bertz CT molecular complexity index is 628. The lowest BCUT2D eigenvalue weighted by Gasteiger charge is -2.13. The summed E-state index contributed by atoms with van der Waals surface area (Å²) in [7, 11) is 0. The van der Waals surface area contributed by atoms with E-state index < -0.39 is 5.97 Å². The molecule has 0 amide bonds. The Morgan fingerprint density at radius 1 is 1.38 bits per heavy atom. The molecule has 1 unspecified atom stereocenters. The summed E-state index contributed by atoms with van der Waals surface area (Å²) in [5.41, 5.74) is 2.71. The number of carbonyl (C=O) groups is 1. The van der Waals surface area contributed by atoms with Crippen LogP contribution in [0.25, 0.3) is 0 Å². The summed E-state index contributed by atoms with van der Waals surface area (Å²) in [6.07, 6.45) is 2.03. The number of rotatable bonds is 5.